The van der Waals surface area contributed by atoms with Crippen LogP contribution in [0.3, 0.4) is 0 Å². The number of halogens is 2. The topological polar surface area (TPSA) is 87.4 Å². The number of aliphatic hydroxyl groups excluding tert-OH is 1. The standard InChI is InChI=1S/C16H19F2N3O3/c1-8-10(3)24-14(20-8)7-19-16(23)21-9(2)15(22)11-4-5-12(17)13(18)6-11/h4-6,9,15,22H,7H2,1-3H3,(H2,19,21,23). The highest BCUT2D eigenvalue weighted by atomic mass is 19.2. The molecule has 0 aliphatic carbocycles. The summed E-state index contributed by atoms with van der Waals surface area (Å²) in [6.07, 6.45) is -1.18. The van der Waals surface area contributed by atoms with E-state index in [1.807, 2.05) is 0 Å². The molecule has 0 saturated carbocycles. The van der Waals surface area contributed by atoms with Gasteiger partial charge in [0.15, 0.2) is 11.6 Å². The van der Waals surface area contributed by atoms with Crippen molar-refractivity contribution in [2.75, 3.05) is 0 Å². The van der Waals surface area contributed by atoms with Crippen molar-refractivity contribution in [3.63, 3.8) is 0 Å². The van der Waals surface area contributed by atoms with Gasteiger partial charge in [0.2, 0.25) is 5.89 Å². The molecule has 0 fully saturated rings. The number of nitrogens with zero attached hydrogens (tertiary/aromatic N) is 1. The summed E-state index contributed by atoms with van der Waals surface area (Å²) in [6.45, 7) is 5.20. The number of benzene rings is 1. The fourth-order valence-corrected chi connectivity index (χ4v) is 2.09. The highest BCUT2D eigenvalue weighted by Gasteiger charge is 2.20. The van der Waals surface area contributed by atoms with Gasteiger partial charge in [-0.15, -0.1) is 0 Å². The van der Waals surface area contributed by atoms with Crippen molar-refractivity contribution in [2.24, 2.45) is 0 Å². The Labute approximate surface area is 137 Å². The number of nitrogens with one attached hydrogen (secondary N) is 2. The third kappa shape index (κ3) is 4.29. The second-order valence-electron chi connectivity index (χ2n) is 5.48. The van der Waals surface area contributed by atoms with E-state index in [-0.39, 0.29) is 12.1 Å². The van der Waals surface area contributed by atoms with Gasteiger partial charge in [-0.05, 0) is 38.5 Å². The Morgan fingerprint density at radius 3 is 2.62 bits per heavy atom. The van der Waals surface area contributed by atoms with E-state index in [0.717, 1.165) is 17.8 Å². The van der Waals surface area contributed by atoms with Gasteiger partial charge in [0.05, 0.1) is 24.4 Å². The average Bonchev–Trinajstić information content (AvgIpc) is 2.85. The number of hydrogen-bond donors (Lipinski definition) is 3. The summed E-state index contributed by atoms with van der Waals surface area (Å²) in [4.78, 5) is 16.0. The van der Waals surface area contributed by atoms with Crippen LogP contribution in [0.2, 0.25) is 0 Å². The molecule has 0 aliphatic rings. The molecule has 3 N–H and O–H groups in total. The summed E-state index contributed by atoms with van der Waals surface area (Å²) in [5, 5.41) is 15.2. The summed E-state index contributed by atoms with van der Waals surface area (Å²) < 4.78 is 31.4. The van der Waals surface area contributed by atoms with Gasteiger partial charge in [0, 0.05) is 0 Å². The van der Waals surface area contributed by atoms with E-state index in [2.05, 4.69) is 15.6 Å². The summed E-state index contributed by atoms with van der Waals surface area (Å²) in [6, 6.07) is 1.82. The number of carbonyl (C=O) groups is 1. The number of rotatable bonds is 5. The molecule has 2 unspecified atom stereocenters. The van der Waals surface area contributed by atoms with Crippen molar-refractivity contribution >= 4 is 6.03 Å². The van der Waals surface area contributed by atoms with Crippen molar-refractivity contribution in [1.82, 2.24) is 15.6 Å². The normalized spacial score (nSPS) is 13.4. The molecular formula is C16H19F2N3O3. The van der Waals surface area contributed by atoms with Crippen LogP contribution >= 0.6 is 0 Å². The third-order valence-electron chi connectivity index (χ3n) is 3.59. The van der Waals surface area contributed by atoms with Crippen LogP contribution < -0.4 is 10.6 Å². The number of hydrogen-bond acceptors (Lipinski definition) is 4. The Morgan fingerprint density at radius 1 is 1.33 bits per heavy atom. The zero-order chi connectivity index (χ0) is 17.9. The second kappa shape index (κ2) is 7.39. The smallest absolute Gasteiger partial charge is 0.315 e. The molecule has 6 nitrogen and oxygen atoms in total. The maximum Gasteiger partial charge on any atom is 0.315 e. The summed E-state index contributed by atoms with van der Waals surface area (Å²) in [5.41, 5.74) is 0.912. The molecule has 0 spiro atoms. The van der Waals surface area contributed by atoms with Crippen LogP contribution in [-0.2, 0) is 6.54 Å². The van der Waals surface area contributed by atoms with E-state index in [9.17, 15) is 18.7 Å². The molecule has 2 rings (SSSR count). The number of aliphatic hydroxyl groups is 1. The Balaban J connectivity index is 1.89. The molecule has 1 aromatic carbocycles. The quantitative estimate of drug-likeness (QED) is 0.781. The molecule has 1 aromatic heterocycles. The minimum atomic E-state index is -1.18. The number of carbonyl (C=O) groups excluding carboxylic acids is 1. The van der Waals surface area contributed by atoms with Crippen LogP contribution in [-0.4, -0.2) is 22.2 Å². The molecule has 2 aromatic rings. The maximum atomic E-state index is 13.2. The van der Waals surface area contributed by atoms with Crippen LogP contribution in [0.15, 0.2) is 22.6 Å². The van der Waals surface area contributed by atoms with Gasteiger partial charge in [-0.2, -0.15) is 0 Å². The molecular weight excluding hydrogens is 320 g/mol. The minimum Gasteiger partial charge on any atom is -0.444 e. The first-order chi connectivity index (χ1) is 11.3. The van der Waals surface area contributed by atoms with E-state index in [1.54, 1.807) is 20.8 Å². The Hall–Kier alpha value is -2.48. The van der Waals surface area contributed by atoms with E-state index >= 15 is 0 Å². The van der Waals surface area contributed by atoms with Crippen LogP contribution in [0.25, 0.3) is 0 Å². The SMILES string of the molecule is Cc1nc(CNC(=O)NC(C)C(O)c2ccc(F)c(F)c2)oc1C. The van der Waals surface area contributed by atoms with E-state index in [1.165, 1.54) is 6.07 Å². The van der Waals surface area contributed by atoms with Crippen LogP contribution in [0, 0.1) is 25.5 Å². The Kier molecular flexibility index (Phi) is 5.50. The highest BCUT2D eigenvalue weighted by Crippen LogP contribution is 2.19. The Morgan fingerprint density at radius 2 is 2.04 bits per heavy atom. The van der Waals surface area contributed by atoms with Crippen molar-refractivity contribution in [3.05, 3.63) is 52.7 Å². The predicted octanol–water partition coefficient (Wildman–Crippen LogP) is 2.49. The van der Waals surface area contributed by atoms with E-state index < -0.39 is 29.8 Å². The lowest BCUT2D eigenvalue weighted by Gasteiger charge is -2.20. The van der Waals surface area contributed by atoms with Crippen molar-refractivity contribution < 1.29 is 23.1 Å². The minimum absolute atomic E-state index is 0.0918. The first-order valence-corrected chi connectivity index (χ1v) is 7.38. The fraction of sp³-hybridized carbons (Fsp3) is 0.375. The van der Waals surface area contributed by atoms with Gasteiger partial charge in [-0.25, -0.2) is 18.6 Å². The van der Waals surface area contributed by atoms with Gasteiger partial charge in [0.25, 0.3) is 0 Å². The number of oxazole rings is 1. The Bertz CT molecular complexity index is 714. The summed E-state index contributed by atoms with van der Waals surface area (Å²) in [5.74, 6) is -1.01. The lowest BCUT2D eigenvalue weighted by atomic mass is 10.0. The largest absolute Gasteiger partial charge is 0.444 e. The summed E-state index contributed by atoms with van der Waals surface area (Å²) in [7, 11) is 0. The summed E-state index contributed by atoms with van der Waals surface area (Å²) >= 11 is 0. The highest BCUT2D eigenvalue weighted by molar-refractivity contribution is 5.74. The van der Waals surface area contributed by atoms with E-state index in [0.29, 0.717) is 11.7 Å². The van der Waals surface area contributed by atoms with Gasteiger partial charge in [-0.1, -0.05) is 6.07 Å². The van der Waals surface area contributed by atoms with Crippen LogP contribution in [0.4, 0.5) is 13.6 Å². The molecule has 0 aliphatic heterocycles. The predicted molar refractivity (Wildman–Crippen MR) is 82.1 cm³/mol. The molecule has 24 heavy (non-hydrogen) atoms. The first kappa shape index (κ1) is 17.9. The molecule has 0 saturated heterocycles. The molecule has 0 radical (unpaired) electrons. The van der Waals surface area contributed by atoms with E-state index in [4.69, 9.17) is 4.42 Å². The number of aryl methyl sites for hydroxylation is 2. The first-order valence-electron chi connectivity index (χ1n) is 7.38. The van der Waals surface area contributed by atoms with Crippen LogP contribution in [0.1, 0.15) is 35.9 Å². The molecule has 1 heterocycles. The number of urea groups is 1. The van der Waals surface area contributed by atoms with Gasteiger partial charge in [-0.3, -0.25) is 0 Å². The average molecular weight is 339 g/mol. The third-order valence-corrected chi connectivity index (χ3v) is 3.59. The van der Waals surface area contributed by atoms with Crippen molar-refractivity contribution in [3.8, 4) is 0 Å². The van der Waals surface area contributed by atoms with Crippen LogP contribution in [0.5, 0.6) is 0 Å². The second-order valence-corrected chi connectivity index (χ2v) is 5.48. The lowest BCUT2D eigenvalue weighted by molar-refractivity contribution is 0.137. The molecule has 2 atom stereocenters. The maximum absolute atomic E-state index is 13.2. The molecule has 2 amide bonds. The molecule has 8 heteroatoms. The lowest BCUT2D eigenvalue weighted by Crippen LogP contribution is -2.43. The fourth-order valence-electron chi connectivity index (χ4n) is 2.09. The number of aromatic nitrogens is 1. The van der Waals surface area contributed by atoms with Gasteiger partial charge in [0.1, 0.15) is 5.76 Å². The van der Waals surface area contributed by atoms with Crippen molar-refractivity contribution in [2.45, 2.75) is 39.5 Å². The zero-order valence-corrected chi connectivity index (χ0v) is 13.6. The monoisotopic (exact) mass is 339 g/mol. The molecule has 130 valence electrons. The van der Waals surface area contributed by atoms with Crippen molar-refractivity contribution in [1.29, 1.82) is 0 Å². The zero-order valence-electron chi connectivity index (χ0n) is 13.6. The molecule has 0 bridgehead atoms. The number of amides is 2. The van der Waals surface area contributed by atoms with Gasteiger partial charge < -0.3 is 20.2 Å². The van der Waals surface area contributed by atoms with Gasteiger partial charge >= 0.3 is 6.03 Å².